The maximum atomic E-state index is 13.5. The van der Waals surface area contributed by atoms with E-state index in [4.69, 9.17) is 12.2 Å². The van der Waals surface area contributed by atoms with Gasteiger partial charge in [0, 0.05) is 5.56 Å². The van der Waals surface area contributed by atoms with Gasteiger partial charge in [0.1, 0.15) is 0 Å². The molecule has 4 heteroatoms. The molecule has 16 heavy (non-hydrogen) atoms. The molecule has 0 fully saturated rings. The van der Waals surface area contributed by atoms with Crippen LogP contribution in [0, 0.1) is 24.4 Å². The van der Waals surface area contributed by atoms with Crippen molar-refractivity contribution in [1.82, 2.24) is 9.97 Å². The Morgan fingerprint density at radius 3 is 2.69 bits per heavy atom. The minimum absolute atomic E-state index is 0.287. The summed E-state index contributed by atoms with van der Waals surface area (Å²) in [4.78, 5) is 6.46. The van der Waals surface area contributed by atoms with Crippen molar-refractivity contribution in [3.05, 3.63) is 46.1 Å². The first-order valence-corrected chi connectivity index (χ1v) is 5.31. The molecule has 0 aliphatic carbocycles. The van der Waals surface area contributed by atoms with Crippen LogP contribution in [0.2, 0.25) is 0 Å². The van der Waals surface area contributed by atoms with Gasteiger partial charge in [-0.2, -0.15) is 0 Å². The summed E-state index contributed by atoms with van der Waals surface area (Å²) in [7, 11) is 0. The lowest BCUT2D eigenvalue weighted by atomic mass is 10.0. The van der Waals surface area contributed by atoms with E-state index in [2.05, 4.69) is 9.97 Å². The molecule has 0 saturated carbocycles. The lowest BCUT2D eigenvalue weighted by Gasteiger charge is -2.06. The molecule has 2 rings (SSSR count). The molecule has 0 bridgehead atoms. The Morgan fingerprint density at radius 1 is 1.25 bits per heavy atom. The maximum Gasteiger partial charge on any atom is 0.197 e. The molecule has 0 unspecified atom stereocenters. The minimum Gasteiger partial charge on any atom is -0.328 e. The van der Waals surface area contributed by atoms with E-state index in [0.717, 1.165) is 17.3 Å². The summed E-state index contributed by atoms with van der Waals surface area (Å²) in [5.41, 5.74) is 3.47. The number of halogens is 1. The highest BCUT2D eigenvalue weighted by Gasteiger charge is 2.06. The normalized spacial score (nSPS) is 10.4. The number of benzene rings is 1. The second kappa shape index (κ2) is 4.14. The van der Waals surface area contributed by atoms with Gasteiger partial charge in [-0.05, 0) is 43.3 Å². The largest absolute Gasteiger partial charge is 0.328 e. The molecule has 0 spiro atoms. The summed E-state index contributed by atoms with van der Waals surface area (Å²) in [5, 5.41) is 0. The fourth-order valence-corrected chi connectivity index (χ4v) is 1.64. The Hall–Kier alpha value is -1.55. The lowest BCUT2D eigenvalue weighted by Crippen LogP contribution is -1.93. The van der Waals surface area contributed by atoms with Gasteiger partial charge >= 0.3 is 0 Å². The Labute approximate surface area is 98.2 Å². The minimum atomic E-state index is -0.392. The van der Waals surface area contributed by atoms with Crippen molar-refractivity contribution in [1.29, 1.82) is 0 Å². The first-order chi connectivity index (χ1) is 7.58. The molecule has 0 atom stereocenters. The monoisotopic (exact) mass is 234 g/mol. The standard InChI is InChI=1S/C12H11FN2S/c1-7-3-4-9(5-8(7)2)11-10(13)6-14-12(16)15-11/h3-6H,1-2H3,(H,14,15,16). The van der Waals surface area contributed by atoms with E-state index in [-0.39, 0.29) is 4.77 Å². The topological polar surface area (TPSA) is 28.7 Å². The van der Waals surface area contributed by atoms with Gasteiger partial charge in [-0.15, -0.1) is 0 Å². The summed E-state index contributed by atoms with van der Waals surface area (Å²) in [6.45, 7) is 4.01. The number of aryl methyl sites for hydroxylation is 2. The third kappa shape index (κ3) is 2.02. The molecular weight excluding hydrogens is 223 g/mol. The molecule has 0 radical (unpaired) electrons. The molecule has 2 aromatic rings. The summed E-state index contributed by atoms with van der Waals surface area (Å²) >= 11 is 4.88. The molecule has 0 aliphatic rings. The Bertz CT molecular complexity index is 590. The molecule has 0 saturated heterocycles. The van der Waals surface area contributed by atoms with Gasteiger partial charge in [-0.25, -0.2) is 9.37 Å². The second-order valence-corrected chi connectivity index (χ2v) is 4.10. The Kier molecular flexibility index (Phi) is 2.83. The highest BCUT2D eigenvalue weighted by atomic mass is 32.1. The molecule has 1 N–H and O–H groups in total. The maximum absolute atomic E-state index is 13.5. The Balaban J connectivity index is 2.62. The van der Waals surface area contributed by atoms with E-state index >= 15 is 0 Å². The van der Waals surface area contributed by atoms with Crippen molar-refractivity contribution in [2.75, 3.05) is 0 Å². The molecule has 1 aromatic heterocycles. The van der Waals surface area contributed by atoms with Crippen molar-refractivity contribution in [2.24, 2.45) is 0 Å². The predicted molar refractivity (Wildman–Crippen MR) is 64.3 cm³/mol. The smallest absolute Gasteiger partial charge is 0.197 e. The molecule has 1 heterocycles. The third-order valence-corrected chi connectivity index (χ3v) is 2.77. The van der Waals surface area contributed by atoms with Gasteiger partial charge in [0.2, 0.25) is 0 Å². The number of aromatic nitrogens is 2. The number of aromatic amines is 1. The predicted octanol–water partition coefficient (Wildman–Crippen LogP) is 3.56. The van der Waals surface area contributed by atoms with Crippen LogP contribution in [-0.2, 0) is 0 Å². The van der Waals surface area contributed by atoms with Crippen LogP contribution in [0.3, 0.4) is 0 Å². The molecule has 0 aliphatic heterocycles. The van der Waals surface area contributed by atoms with Crippen molar-refractivity contribution >= 4 is 12.2 Å². The van der Waals surface area contributed by atoms with Crippen molar-refractivity contribution < 1.29 is 4.39 Å². The number of hydrogen-bond donors (Lipinski definition) is 1. The van der Waals surface area contributed by atoms with Gasteiger partial charge in [0.15, 0.2) is 10.6 Å². The van der Waals surface area contributed by atoms with Crippen molar-refractivity contribution in [2.45, 2.75) is 13.8 Å². The third-order valence-electron chi connectivity index (χ3n) is 2.56. The molecular formula is C12H11FN2S. The van der Waals surface area contributed by atoms with Crippen LogP contribution in [-0.4, -0.2) is 9.97 Å². The number of rotatable bonds is 1. The highest BCUT2D eigenvalue weighted by Crippen LogP contribution is 2.22. The van der Waals surface area contributed by atoms with Crippen LogP contribution in [0.4, 0.5) is 4.39 Å². The van der Waals surface area contributed by atoms with E-state index in [0.29, 0.717) is 5.69 Å². The van der Waals surface area contributed by atoms with Crippen molar-refractivity contribution in [3.63, 3.8) is 0 Å². The fourth-order valence-electron chi connectivity index (χ4n) is 1.49. The zero-order valence-corrected chi connectivity index (χ0v) is 9.86. The van der Waals surface area contributed by atoms with Gasteiger partial charge in [0.05, 0.1) is 11.9 Å². The summed E-state index contributed by atoms with van der Waals surface area (Å²) in [6.07, 6.45) is 1.14. The number of H-pyrrole nitrogens is 1. The Morgan fingerprint density at radius 2 is 2.00 bits per heavy atom. The van der Waals surface area contributed by atoms with Crippen molar-refractivity contribution in [3.8, 4) is 11.3 Å². The van der Waals surface area contributed by atoms with Crippen LogP contribution >= 0.6 is 12.2 Å². The molecule has 1 aromatic carbocycles. The number of nitrogens with one attached hydrogen (secondary N) is 1. The quantitative estimate of drug-likeness (QED) is 0.764. The van der Waals surface area contributed by atoms with E-state index < -0.39 is 5.82 Å². The van der Waals surface area contributed by atoms with Crippen LogP contribution in [0.1, 0.15) is 11.1 Å². The average Bonchev–Trinajstić information content (AvgIpc) is 2.26. The fraction of sp³-hybridized carbons (Fsp3) is 0.167. The van der Waals surface area contributed by atoms with Gasteiger partial charge in [0.25, 0.3) is 0 Å². The van der Waals surface area contributed by atoms with Crippen LogP contribution in [0.25, 0.3) is 11.3 Å². The number of nitrogens with zero attached hydrogens (tertiary/aromatic N) is 1. The molecule has 0 amide bonds. The van der Waals surface area contributed by atoms with Crippen LogP contribution in [0.5, 0.6) is 0 Å². The van der Waals surface area contributed by atoms with Gasteiger partial charge in [-0.1, -0.05) is 12.1 Å². The summed E-state index contributed by atoms with van der Waals surface area (Å²) in [6, 6.07) is 5.76. The SMILES string of the molecule is Cc1ccc(-c2[nH]c(=S)ncc2F)cc1C. The molecule has 2 nitrogen and oxygen atoms in total. The lowest BCUT2D eigenvalue weighted by molar-refractivity contribution is 0.617. The summed E-state index contributed by atoms with van der Waals surface area (Å²) < 4.78 is 13.8. The summed E-state index contributed by atoms with van der Waals surface area (Å²) in [5.74, 6) is -0.392. The van der Waals surface area contributed by atoms with E-state index in [9.17, 15) is 4.39 Å². The number of hydrogen-bond acceptors (Lipinski definition) is 2. The highest BCUT2D eigenvalue weighted by molar-refractivity contribution is 7.71. The van der Waals surface area contributed by atoms with E-state index in [1.807, 2.05) is 32.0 Å². The van der Waals surface area contributed by atoms with Gasteiger partial charge in [-0.3, -0.25) is 0 Å². The first-order valence-electron chi connectivity index (χ1n) is 4.90. The van der Waals surface area contributed by atoms with Crippen LogP contribution < -0.4 is 0 Å². The van der Waals surface area contributed by atoms with E-state index in [1.54, 1.807) is 0 Å². The van der Waals surface area contributed by atoms with Crippen LogP contribution in [0.15, 0.2) is 24.4 Å². The average molecular weight is 234 g/mol. The first kappa shape index (κ1) is 11.0. The van der Waals surface area contributed by atoms with Gasteiger partial charge < -0.3 is 4.98 Å². The zero-order chi connectivity index (χ0) is 11.7. The second-order valence-electron chi connectivity index (χ2n) is 3.71. The van der Waals surface area contributed by atoms with E-state index in [1.165, 1.54) is 5.56 Å². The molecule has 82 valence electrons. The zero-order valence-electron chi connectivity index (χ0n) is 9.04.